The van der Waals surface area contributed by atoms with Crippen molar-refractivity contribution in [3.8, 4) is 5.75 Å². The maximum absolute atomic E-state index is 11.1. The van der Waals surface area contributed by atoms with Crippen LogP contribution in [0.2, 0.25) is 0 Å². The zero-order valence-electron chi connectivity index (χ0n) is 11.1. The van der Waals surface area contributed by atoms with Crippen LogP contribution in [0.1, 0.15) is 18.1 Å². The second-order valence-corrected chi connectivity index (χ2v) is 3.79. The number of hydrogen-bond donors (Lipinski definition) is 2. The number of methoxy groups -OCH3 is 1. The second kappa shape index (κ2) is 7.68. The van der Waals surface area contributed by atoms with Gasteiger partial charge >= 0.3 is 0 Å². The quantitative estimate of drug-likeness (QED) is 0.711. The lowest BCUT2D eigenvalue weighted by atomic mass is 10.1. The van der Waals surface area contributed by atoms with Crippen molar-refractivity contribution < 1.29 is 14.3 Å². The van der Waals surface area contributed by atoms with Crippen LogP contribution >= 0.6 is 0 Å². The van der Waals surface area contributed by atoms with E-state index in [1.807, 2.05) is 18.2 Å². The van der Waals surface area contributed by atoms with Crippen molar-refractivity contribution in [3.05, 3.63) is 29.3 Å². The van der Waals surface area contributed by atoms with Gasteiger partial charge < -0.3 is 9.47 Å². The minimum atomic E-state index is -0.193. The van der Waals surface area contributed by atoms with Gasteiger partial charge in [-0.3, -0.25) is 10.2 Å². The van der Waals surface area contributed by atoms with Crippen molar-refractivity contribution in [2.75, 3.05) is 20.8 Å². The molecule has 2 N–H and O–H groups in total. The van der Waals surface area contributed by atoms with Gasteiger partial charge in [0.25, 0.3) is 5.91 Å². The van der Waals surface area contributed by atoms with Gasteiger partial charge in [0.2, 0.25) is 0 Å². The van der Waals surface area contributed by atoms with E-state index in [0.717, 1.165) is 23.3 Å². The molecule has 5 nitrogen and oxygen atoms in total. The molecule has 0 heterocycles. The summed E-state index contributed by atoms with van der Waals surface area (Å²) in [6.45, 7) is 2.52. The van der Waals surface area contributed by atoms with Crippen LogP contribution in [0, 0.1) is 0 Å². The number of carbonyl (C=O) groups excluding carboxylic acids is 1. The van der Waals surface area contributed by atoms with E-state index in [0.29, 0.717) is 6.61 Å². The van der Waals surface area contributed by atoms with Gasteiger partial charge in [0.1, 0.15) is 12.4 Å². The molecule has 0 aliphatic rings. The van der Waals surface area contributed by atoms with Crippen LogP contribution in [0.15, 0.2) is 18.2 Å². The third-order valence-electron chi connectivity index (χ3n) is 2.49. The third-order valence-corrected chi connectivity index (χ3v) is 2.49. The zero-order valence-corrected chi connectivity index (χ0v) is 11.1. The predicted octanol–water partition coefficient (Wildman–Crippen LogP) is 1.02. The molecule has 0 fully saturated rings. The van der Waals surface area contributed by atoms with Crippen molar-refractivity contribution in [1.29, 1.82) is 0 Å². The minimum Gasteiger partial charge on any atom is -0.496 e. The smallest absolute Gasteiger partial charge is 0.260 e. The minimum absolute atomic E-state index is 0.0360. The van der Waals surface area contributed by atoms with E-state index in [-0.39, 0.29) is 12.5 Å². The SMILES string of the molecule is CCc1cc(COCC(=O)NNC)ccc1OC. The summed E-state index contributed by atoms with van der Waals surface area (Å²) in [5.41, 5.74) is 7.16. The van der Waals surface area contributed by atoms with Crippen LogP contribution < -0.4 is 15.6 Å². The summed E-state index contributed by atoms with van der Waals surface area (Å²) in [5.74, 6) is 0.691. The van der Waals surface area contributed by atoms with Crippen molar-refractivity contribution in [2.45, 2.75) is 20.0 Å². The molecule has 1 aromatic rings. The fourth-order valence-corrected chi connectivity index (χ4v) is 1.64. The van der Waals surface area contributed by atoms with Gasteiger partial charge in [-0.05, 0) is 29.7 Å². The first-order valence-electron chi connectivity index (χ1n) is 5.90. The van der Waals surface area contributed by atoms with E-state index in [9.17, 15) is 4.79 Å². The van der Waals surface area contributed by atoms with Gasteiger partial charge in [0.15, 0.2) is 0 Å². The molecule has 0 radical (unpaired) electrons. The van der Waals surface area contributed by atoms with Crippen molar-refractivity contribution >= 4 is 5.91 Å². The monoisotopic (exact) mass is 252 g/mol. The van der Waals surface area contributed by atoms with Crippen LogP contribution in [0.4, 0.5) is 0 Å². The van der Waals surface area contributed by atoms with Gasteiger partial charge in [-0.25, -0.2) is 5.43 Å². The normalized spacial score (nSPS) is 10.2. The van der Waals surface area contributed by atoms with Crippen LogP contribution in [0.3, 0.4) is 0 Å². The summed E-state index contributed by atoms with van der Waals surface area (Å²) in [6.07, 6.45) is 0.900. The number of carbonyl (C=O) groups is 1. The number of nitrogens with one attached hydrogen (secondary N) is 2. The lowest BCUT2D eigenvalue weighted by molar-refractivity contribution is -0.126. The molecule has 0 atom stereocenters. The Morgan fingerprint density at radius 1 is 1.39 bits per heavy atom. The van der Waals surface area contributed by atoms with Crippen LogP contribution in [0.5, 0.6) is 5.75 Å². The highest BCUT2D eigenvalue weighted by Crippen LogP contribution is 2.20. The standard InChI is InChI=1S/C13H20N2O3/c1-4-11-7-10(5-6-12(11)17-3)8-18-9-13(16)15-14-2/h5-7,14H,4,8-9H2,1-3H3,(H,15,16). The second-order valence-electron chi connectivity index (χ2n) is 3.79. The van der Waals surface area contributed by atoms with E-state index in [1.54, 1.807) is 14.2 Å². The summed E-state index contributed by atoms with van der Waals surface area (Å²) in [4.78, 5) is 11.1. The number of benzene rings is 1. The lowest BCUT2D eigenvalue weighted by Gasteiger charge is -2.09. The molecule has 0 spiro atoms. The summed E-state index contributed by atoms with van der Waals surface area (Å²) in [5, 5.41) is 0. The van der Waals surface area contributed by atoms with E-state index in [1.165, 1.54) is 0 Å². The average molecular weight is 252 g/mol. The van der Waals surface area contributed by atoms with E-state index >= 15 is 0 Å². The highest BCUT2D eigenvalue weighted by Gasteiger charge is 2.04. The molecule has 0 aliphatic heterocycles. The van der Waals surface area contributed by atoms with Crippen molar-refractivity contribution in [2.24, 2.45) is 0 Å². The first-order chi connectivity index (χ1) is 8.71. The molecule has 0 unspecified atom stereocenters. The number of hydrogen-bond acceptors (Lipinski definition) is 4. The Balaban J connectivity index is 2.50. The maximum atomic E-state index is 11.1. The molecule has 1 amide bonds. The maximum Gasteiger partial charge on any atom is 0.260 e. The summed E-state index contributed by atoms with van der Waals surface area (Å²) in [6, 6.07) is 5.90. The molecule has 18 heavy (non-hydrogen) atoms. The van der Waals surface area contributed by atoms with Crippen LogP contribution in [-0.4, -0.2) is 26.7 Å². The Hall–Kier alpha value is -1.59. The van der Waals surface area contributed by atoms with E-state index < -0.39 is 0 Å². The summed E-state index contributed by atoms with van der Waals surface area (Å²) in [7, 11) is 3.29. The zero-order chi connectivity index (χ0) is 13.4. The molecular weight excluding hydrogens is 232 g/mol. The Kier molecular flexibility index (Phi) is 6.18. The van der Waals surface area contributed by atoms with Crippen molar-refractivity contribution in [1.82, 2.24) is 10.9 Å². The molecule has 0 aliphatic carbocycles. The number of ether oxygens (including phenoxy) is 2. The van der Waals surface area contributed by atoms with Gasteiger partial charge in [-0.1, -0.05) is 13.0 Å². The number of hydrazine groups is 1. The summed E-state index contributed by atoms with van der Waals surface area (Å²) < 4.78 is 10.6. The number of aryl methyl sites for hydroxylation is 1. The van der Waals surface area contributed by atoms with E-state index in [2.05, 4.69) is 17.8 Å². The Labute approximate surface area is 107 Å². The van der Waals surface area contributed by atoms with Gasteiger partial charge in [0.05, 0.1) is 13.7 Å². The Morgan fingerprint density at radius 3 is 2.78 bits per heavy atom. The molecule has 0 aromatic heterocycles. The highest BCUT2D eigenvalue weighted by molar-refractivity contribution is 5.76. The molecule has 5 heteroatoms. The predicted molar refractivity (Wildman–Crippen MR) is 69.2 cm³/mol. The first-order valence-corrected chi connectivity index (χ1v) is 5.90. The van der Waals surface area contributed by atoms with Gasteiger partial charge in [0, 0.05) is 7.05 Å². The van der Waals surface area contributed by atoms with Gasteiger partial charge in [-0.15, -0.1) is 0 Å². The molecule has 0 bridgehead atoms. The molecule has 0 saturated carbocycles. The fraction of sp³-hybridized carbons (Fsp3) is 0.462. The molecule has 0 saturated heterocycles. The summed E-state index contributed by atoms with van der Waals surface area (Å²) >= 11 is 0. The first kappa shape index (κ1) is 14.5. The molecule has 100 valence electrons. The topological polar surface area (TPSA) is 59.6 Å². The van der Waals surface area contributed by atoms with Crippen LogP contribution in [0.25, 0.3) is 0 Å². The van der Waals surface area contributed by atoms with Crippen molar-refractivity contribution in [3.63, 3.8) is 0 Å². The Bertz CT molecular complexity index is 394. The molecule has 1 aromatic carbocycles. The lowest BCUT2D eigenvalue weighted by Crippen LogP contribution is -2.36. The molecule has 1 rings (SSSR count). The van der Waals surface area contributed by atoms with Crippen LogP contribution in [-0.2, 0) is 22.6 Å². The number of rotatable bonds is 7. The third kappa shape index (κ3) is 4.35. The van der Waals surface area contributed by atoms with Gasteiger partial charge in [-0.2, -0.15) is 0 Å². The van der Waals surface area contributed by atoms with E-state index in [4.69, 9.17) is 9.47 Å². The molecular formula is C13H20N2O3. The Morgan fingerprint density at radius 2 is 2.17 bits per heavy atom. The largest absolute Gasteiger partial charge is 0.496 e. The number of amides is 1. The average Bonchev–Trinajstić information content (AvgIpc) is 2.38. The highest BCUT2D eigenvalue weighted by atomic mass is 16.5. The fourth-order valence-electron chi connectivity index (χ4n) is 1.64.